The van der Waals surface area contributed by atoms with Gasteiger partial charge in [0.15, 0.2) is 0 Å². The van der Waals surface area contributed by atoms with E-state index in [-0.39, 0.29) is 0 Å². The van der Waals surface area contributed by atoms with Gasteiger partial charge >= 0.3 is 0 Å². The number of benzene rings is 1. The Morgan fingerprint density at radius 3 is 2.82 bits per heavy atom. The maximum Gasteiger partial charge on any atom is 0.229 e. The van der Waals surface area contributed by atoms with E-state index in [2.05, 4.69) is 45.2 Å². The third-order valence-electron chi connectivity index (χ3n) is 3.00. The van der Waals surface area contributed by atoms with Crippen molar-refractivity contribution >= 4 is 27.5 Å². The number of hydrogen-bond acceptors (Lipinski definition) is 2. The van der Waals surface area contributed by atoms with Gasteiger partial charge in [-0.15, -0.1) is 10.2 Å². The van der Waals surface area contributed by atoms with E-state index in [4.69, 9.17) is 11.6 Å². The van der Waals surface area contributed by atoms with E-state index in [1.807, 2.05) is 10.6 Å². The summed E-state index contributed by atoms with van der Waals surface area (Å²) in [6, 6.07) is 6.14. The van der Waals surface area contributed by atoms with Gasteiger partial charge in [0.2, 0.25) is 5.28 Å². The van der Waals surface area contributed by atoms with Crippen LogP contribution in [0.4, 0.5) is 0 Å². The first-order chi connectivity index (χ1) is 8.16. The van der Waals surface area contributed by atoms with E-state index >= 15 is 0 Å². The summed E-state index contributed by atoms with van der Waals surface area (Å²) in [5.74, 6) is 1.50. The Morgan fingerprint density at radius 2 is 2.12 bits per heavy atom. The quantitative estimate of drug-likeness (QED) is 0.843. The molecule has 0 aliphatic heterocycles. The van der Waals surface area contributed by atoms with Crippen molar-refractivity contribution in [2.24, 2.45) is 0 Å². The summed E-state index contributed by atoms with van der Waals surface area (Å²) in [6.07, 6.45) is 2.37. The Balaban J connectivity index is 2.19. The lowest BCUT2D eigenvalue weighted by molar-refractivity contribution is 0.867. The maximum absolute atomic E-state index is 6.15. The minimum Gasteiger partial charge on any atom is -0.269 e. The van der Waals surface area contributed by atoms with Gasteiger partial charge < -0.3 is 0 Å². The average molecular weight is 313 g/mol. The van der Waals surface area contributed by atoms with E-state index in [9.17, 15) is 0 Å². The number of hydrogen-bond donors (Lipinski definition) is 0. The minimum absolute atomic E-state index is 0.438. The fourth-order valence-corrected chi connectivity index (χ4v) is 2.49. The van der Waals surface area contributed by atoms with E-state index in [0.717, 1.165) is 21.5 Å². The Morgan fingerprint density at radius 1 is 1.35 bits per heavy atom. The third-order valence-corrected chi connectivity index (χ3v) is 3.74. The molecule has 0 saturated heterocycles. The van der Waals surface area contributed by atoms with Crippen LogP contribution in [0.15, 0.2) is 22.7 Å². The Bertz CT molecular complexity index is 575. The molecule has 2 aromatic rings. The fourth-order valence-electron chi connectivity index (χ4n) is 1.93. The van der Waals surface area contributed by atoms with Gasteiger partial charge in [-0.25, -0.2) is 0 Å². The first kappa shape index (κ1) is 11.2. The van der Waals surface area contributed by atoms with Crippen molar-refractivity contribution in [1.82, 2.24) is 14.8 Å². The highest BCUT2D eigenvalue weighted by Gasteiger charge is 2.30. The summed E-state index contributed by atoms with van der Waals surface area (Å²) in [5.41, 5.74) is 2.22. The summed E-state index contributed by atoms with van der Waals surface area (Å²) in [7, 11) is 0. The van der Waals surface area contributed by atoms with Crippen LogP contribution in [0.25, 0.3) is 5.69 Å². The van der Waals surface area contributed by atoms with Crippen LogP contribution in [-0.4, -0.2) is 14.8 Å². The van der Waals surface area contributed by atoms with Gasteiger partial charge in [0.05, 0.1) is 5.69 Å². The SMILES string of the molecule is Cc1ccc(Br)cc1-n1c(Cl)nnc1C1CC1. The minimum atomic E-state index is 0.438. The van der Waals surface area contributed by atoms with Crippen LogP contribution >= 0.6 is 27.5 Å². The fraction of sp³-hybridized carbons (Fsp3) is 0.333. The lowest BCUT2D eigenvalue weighted by atomic mass is 10.2. The first-order valence-electron chi connectivity index (χ1n) is 5.54. The molecule has 1 saturated carbocycles. The van der Waals surface area contributed by atoms with Gasteiger partial charge in [0.1, 0.15) is 5.82 Å². The van der Waals surface area contributed by atoms with Crippen molar-refractivity contribution in [2.75, 3.05) is 0 Å². The third kappa shape index (κ3) is 2.00. The molecule has 3 rings (SSSR count). The van der Waals surface area contributed by atoms with Gasteiger partial charge in [0, 0.05) is 10.4 Å². The highest BCUT2D eigenvalue weighted by molar-refractivity contribution is 9.10. The number of nitrogens with zero attached hydrogens (tertiary/aromatic N) is 3. The topological polar surface area (TPSA) is 30.7 Å². The predicted octanol–water partition coefficient (Wildman–Crippen LogP) is 3.87. The van der Waals surface area contributed by atoms with E-state index in [1.54, 1.807) is 0 Å². The second kappa shape index (κ2) is 4.10. The van der Waals surface area contributed by atoms with Gasteiger partial charge in [0.25, 0.3) is 0 Å². The number of aryl methyl sites for hydroxylation is 1. The molecule has 0 N–H and O–H groups in total. The molecule has 0 bridgehead atoms. The normalized spacial score (nSPS) is 15.2. The van der Waals surface area contributed by atoms with Gasteiger partial charge in [-0.1, -0.05) is 22.0 Å². The molecule has 1 aromatic carbocycles. The molecule has 1 heterocycles. The highest BCUT2D eigenvalue weighted by atomic mass is 79.9. The molecule has 0 amide bonds. The molecule has 3 nitrogen and oxygen atoms in total. The van der Waals surface area contributed by atoms with Crippen molar-refractivity contribution in [2.45, 2.75) is 25.7 Å². The van der Waals surface area contributed by atoms with Crippen LogP contribution in [0.3, 0.4) is 0 Å². The molecule has 1 aliphatic carbocycles. The summed E-state index contributed by atoms with van der Waals surface area (Å²) < 4.78 is 2.99. The van der Waals surface area contributed by atoms with Crippen molar-refractivity contribution in [1.29, 1.82) is 0 Å². The summed E-state index contributed by atoms with van der Waals surface area (Å²) in [6.45, 7) is 2.06. The molecule has 0 spiro atoms. The summed E-state index contributed by atoms with van der Waals surface area (Å²) >= 11 is 9.64. The molecular weight excluding hydrogens is 302 g/mol. The maximum atomic E-state index is 6.15. The molecule has 0 atom stereocenters. The predicted molar refractivity (Wildman–Crippen MR) is 70.8 cm³/mol. The second-order valence-corrected chi connectivity index (χ2v) is 5.62. The Kier molecular flexibility index (Phi) is 2.71. The zero-order valence-electron chi connectivity index (χ0n) is 9.32. The van der Waals surface area contributed by atoms with Gasteiger partial charge in [-0.05, 0) is 49.1 Å². The molecular formula is C12H11BrClN3. The molecule has 1 aromatic heterocycles. The zero-order valence-corrected chi connectivity index (χ0v) is 11.7. The summed E-state index contributed by atoms with van der Waals surface area (Å²) in [5, 5.41) is 8.62. The zero-order chi connectivity index (χ0) is 12.0. The van der Waals surface area contributed by atoms with Crippen LogP contribution in [0.5, 0.6) is 0 Å². The largest absolute Gasteiger partial charge is 0.269 e. The van der Waals surface area contributed by atoms with Crippen LogP contribution in [0.2, 0.25) is 5.28 Å². The molecule has 0 unspecified atom stereocenters. The molecule has 0 radical (unpaired) electrons. The van der Waals surface area contributed by atoms with Gasteiger partial charge in [-0.3, -0.25) is 4.57 Å². The van der Waals surface area contributed by atoms with Crippen molar-refractivity contribution < 1.29 is 0 Å². The molecule has 5 heteroatoms. The highest BCUT2D eigenvalue weighted by Crippen LogP contribution is 2.41. The van der Waals surface area contributed by atoms with E-state index in [1.165, 1.54) is 12.8 Å². The Labute approximate surface area is 113 Å². The standard InChI is InChI=1S/C12H11BrClN3/c1-7-2-5-9(13)6-10(7)17-11(8-3-4-8)15-16-12(17)14/h2,5-6,8H,3-4H2,1H3. The molecule has 17 heavy (non-hydrogen) atoms. The lowest BCUT2D eigenvalue weighted by Gasteiger charge is -2.10. The van der Waals surface area contributed by atoms with Crippen molar-refractivity contribution in [3.63, 3.8) is 0 Å². The smallest absolute Gasteiger partial charge is 0.229 e. The monoisotopic (exact) mass is 311 g/mol. The van der Waals surface area contributed by atoms with Crippen LogP contribution < -0.4 is 0 Å². The molecule has 1 fully saturated rings. The average Bonchev–Trinajstić information content (AvgIpc) is 3.07. The van der Waals surface area contributed by atoms with E-state index in [0.29, 0.717) is 11.2 Å². The number of aromatic nitrogens is 3. The number of rotatable bonds is 2. The Hall–Kier alpha value is -0.870. The van der Waals surface area contributed by atoms with Crippen molar-refractivity contribution in [3.8, 4) is 5.69 Å². The van der Waals surface area contributed by atoms with Gasteiger partial charge in [-0.2, -0.15) is 0 Å². The van der Waals surface area contributed by atoms with Crippen LogP contribution in [0, 0.1) is 6.92 Å². The first-order valence-corrected chi connectivity index (χ1v) is 6.71. The summed E-state index contributed by atoms with van der Waals surface area (Å²) in [4.78, 5) is 0. The lowest BCUT2D eigenvalue weighted by Crippen LogP contribution is -2.02. The molecule has 88 valence electrons. The number of halogens is 2. The second-order valence-electron chi connectivity index (χ2n) is 4.37. The van der Waals surface area contributed by atoms with Crippen LogP contribution in [0.1, 0.15) is 30.1 Å². The van der Waals surface area contributed by atoms with Crippen molar-refractivity contribution in [3.05, 3.63) is 39.3 Å². The van der Waals surface area contributed by atoms with E-state index < -0.39 is 0 Å². The molecule has 1 aliphatic rings. The van der Waals surface area contributed by atoms with Crippen LogP contribution in [-0.2, 0) is 0 Å².